The fraction of sp³-hybridized carbons (Fsp3) is 0.200. The fourth-order valence-electron chi connectivity index (χ4n) is 3.60. The molecule has 4 rings (SSSR count). The van der Waals surface area contributed by atoms with Crippen LogP contribution in [0.25, 0.3) is 10.9 Å². The van der Waals surface area contributed by atoms with Gasteiger partial charge in [-0.25, -0.2) is 4.98 Å². The number of hydrogen-bond donors (Lipinski definition) is 2. The maximum Gasteiger partial charge on any atom is 0.260 e. The van der Waals surface area contributed by atoms with Crippen LogP contribution in [0.5, 0.6) is 0 Å². The Morgan fingerprint density at radius 1 is 1.03 bits per heavy atom. The van der Waals surface area contributed by atoms with Crippen molar-refractivity contribution in [3.63, 3.8) is 0 Å². The summed E-state index contributed by atoms with van der Waals surface area (Å²) in [5, 5.41) is 22.2. The maximum absolute atomic E-state index is 12.6. The van der Waals surface area contributed by atoms with Crippen LogP contribution in [0.4, 0.5) is 17.1 Å². The Morgan fingerprint density at radius 3 is 2.40 bits per heavy atom. The Labute approximate surface area is 186 Å². The van der Waals surface area contributed by atoms with Gasteiger partial charge in [0.1, 0.15) is 17.7 Å². The van der Waals surface area contributed by atoms with Gasteiger partial charge in [0.25, 0.3) is 5.56 Å². The minimum atomic E-state index is -0.270. The summed E-state index contributed by atoms with van der Waals surface area (Å²) in [7, 11) is 0. The molecule has 1 aliphatic heterocycles. The molecule has 1 fully saturated rings. The van der Waals surface area contributed by atoms with Crippen molar-refractivity contribution in [2.75, 3.05) is 23.3 Å². The number of nitrogens with one attached hydrogen (secondary N) is 2. The van der Waals surface area contributed by atoms with E-state index in [0.717, 1.165) is 31.6 Å². The fourth-order valence-corrected chi connectivity index (χ4v) is 4.39. The molecule has 2 aromatic carbocycles. The molecule has 7 nitrogen and oxygen atoms in total. The molecule has 2 heterocycles. The molecule has 0 spiro atoms. The first kappa shape index (κ1) is 20.3. The van der Waals surface area contributed by atoms with Crippen molar-refractivity contribution in [2.24, 2.45) is 0 Å². The van der Waals surface area contributed by atoms with Gasteiger partial charge in [-0.15, -0.1) is 0 Å². The summed E-state index contributed by atoms with van der Waals surface area (Å²) in [6.45, 7) is 1.73. The van der Waals surface area contributed by atoms with Crippen LogP contribution < -0.4 is 15.8 Å². The van der Waals surface area contributed by atoms with E-state index in [1.165, 1.54) is 6.33 Å². The van der Waals surface area contributed by atoms with Gasteiger partial charge in [0.15, 0.2) is 0 Å². The van der Waals surface area contributed by atoms with Gasteiger partial charge in [-0.3, -0.25) is 4.79 Å². The van der Waals surface area contributed by atoms with Crippen LogP contribution in [0.3, 0.4) is 0 Å². The number of aromatic nitrogens is 2. The third kappa shape index (κ3) is 3.22. The van der Waals surface area contributed by atoms with Gasteiger partial charge in [-0.05, 0) is 25.0 Å². The van der Waals surface area contributed by atoms with Crippen LogP contribution in [0.1, 0.15) is 24.0 Å². The van der Waals surface area contributed by atoms with E-state index in [2.05, 4.69) is 20.2 Å². The summed E-state index contributed by atoms with van der Waals surface area (Å²) < 4.78 is 0. The van der Waals surface area contributed by atoms with Gasteiger partial charge < -0.3 is 15.2 Å². The summed E-state index contributed by atoms with van der Waals surface area (Å²) in [4.78, 5) is 21.7. The molecule has 0 radical (unpaired) electrons. The molecule has 1 aromatic heterocycles. The summed E-state index contributed by atoms with van der Waals surface area (Å²) in [6, 6.07) is 7.41. The molecule has 150 valence electrons. The highest BCUT2D eigenvalue weighted by Crippen LogP contribution is 2.43. The third-order valence-corrected chi connectivity index (χ3v) is 6.25. The smallest absolute Gasteiger partial charge is 0.260 e. The number of anilines is 3. The zero-order valence-corrected chi connectivity index (χ0v) is 17.7. The van der Waals surface area contributed by atoms with E-state index in [1.54, 1.807) is 6.07 Å². The molecule has 30 heavy (non-hydrogen) atoms. The highest BCUT2D eigenvalue weighted by molar-refractivity contribution is 6.46. The molecule has 0 aliphatic carbocycles. The lowest BCUT2D eigenvalue weighted by atomic mass is 10.1. The minimum absolute atomic E-state index is 0.0178. The van der Waals surface area contributed by atoms with Gasteiger partial charge >= 0.3 is 0 Å². The summed E-state index contributed by atoms with van der Waals surface area (Å²) in [5.74, 6) is 0. The average Bonchev–Trinajstić information content (AvgIpc) is 3.27. The van der Waals surface area contributed by atoms with Crippen LogP contribution in [-0.4, -0.2) is 23.1 Å². The number of rotatable bonds is 3. The number of hydrogen-bond acceptors (Lipinski definition) is 6. The zero-order chi connectivity index (χ0) is 21.4. The normalized spacial score (nSPS) is 13.3. The highest BCUT2D eigenvalue weighted by Gasteiger charge is 2.24. The van der Waals surface area contributed by atoms with Crippen molar-refractivity contribution >= 4 is 62.8 Å². The van der Waals surface area contributed by atoms with Crippen LogP contribution in [0.15, 0.2) is 23.3 Å². The first-order valence-corrected chi connectivity index (χ1v) is 10.1. The van der Waals surface area contributed by atoms with Crippen molar-refractivity contribution in [3.05, 3.63) is 55.0 Å². The highest BCUT2D eigenvalue weighted by atomic mass is 35.5. The number of fused-ring (bicyclic) bond motifs is 1. The quantitative estimate of drug-likeness (QED) is 0.535. The number of nitrogens with zero attached hydrogens (tertiary/aromatic N) is 4. The third-order valence-electron chi connectivity index (χ3n) is 5.02. The van der Waals surface area contributed by atoms with E-state index in [1.807, 2.05) is 18.2 Å². The van der Waals surface area contributed by atoms with E-state index >= 15 is 0 Å². The summed E-state index contributed by atoms with van der Waals surface area (Å²) in [5.41, 5.74) is 1.44. The number of aromatic amines is 1. The number of nitriles is 2. The molecule has 3 aromatic rings. The van der Waals surface area contributed by atoms with Crippen LogP contribution in [-0.2, 0) is 0 Å². The lowest BCUT2D eigenvalue weighted by molar-refractivity contribution is 0.949. The number of H-pyrrole nitrogens is 1. The molecule has 0 amide bonds. The van der Waals surface area contributed by atoms with Crippen LogP contribution >= 0.6 is 34.8 Å². The van der Waals surface area contributed by atoms with Crippen molar-refractivity contribution in [1.29, 1.82) is 10.5 Å². The molecule has 2 N–H and O–H groups in total. The van der Waals surface area contributed by atoms with Crippen LogP contribution in [0, 0.1) is 22.7 Å². The molecule has 1 saturated heterocycles. The topological polar surface area (TPSA) is 109 Å². The number of benzene rings is 2. The second-order valence-electron chi connectivity index (χ2n) is 6.70. The van der Waals surface area contributed by atoms with Crippen molar-refractivity contribution < 1.29 is 0 Å². The molecule has 10 heteroatoms. The molecular weight excluding hydrogens is 447 g/mol. The average molecular weight is 460 g/mol. The monoisotopic (exact) mass is 458 g/mol. The summed E-state index contributed by atoms with van der Waals surface area (Å²) >= 11 is 18.7. The Kier molecular flexibility index (Phi) is 5.44. The number of halogens is 3. The molecule has 0 atom stereocenters. The molecule has 0 unspecified atom stereocenters. The minimum Gasteiger partial charge on any atom is -0.371 e. The second-order valence-corrected chi connectivity index (χ2v) is 7.83. The van der Waals surface area contributed by atoms with E-state index in [-0.39, 0.29) is 37.4 Å². The van der Waals surface area contributed by atoms with Crippen molar-refractivity contribution in [1.82, 2.24) is 9.97 Å². The molecule has 1 aliphatic rings. The molecule has 0 saturated carbocycles. The van der Waals surface area contributed by atoms with Gasteiger partial charge in [-0.1, -0.05) is 34.8 Å². The Bertz CT molecular complexity index is 1320. The summed E-state index contributed by atoms with van der Waals surface area (Å²) in [6.07, 6.45) is 3.43. The zero-order valence-electron chi connectivity index (χ0n) is 15.4. The predicted octanol–water partition coefficient (Wildman–Crippen LogP) is 4.97. The van der Waals surface area contributed by atoms with Crippen LogP contribution in [0.2, 0.25) is 15.1 Å². The largest absolute Gasteiger partial charge is 0.371 e. The first-order chi connectivity index (χ1) is 14.5. The standard InChI is InChI=1S/C20H13Cl3N6O/c21-15-10(7-24)16(22)17(23)18(11(15)8-25)28-12-3-4-13(29-5-1-2-6-29)14-19(12)26-9-27-20(14)30/h3-4,9,28H,1-2,5-6H2,(H,26,27,30). The predicted molar refractivity (Wildman–Crippen MR) is 118 cm³/mol. The van der Waals surface area contributed by atoms with Gasteiger partial charge in [0.2, 0.25) is 0 Å². The molecular formula is C20H13Cl3N6O. The first-order valence-electron chi connectivity index (χ1n) is 9.01. The van der Waals surface area contributed by atoms with Crippen molar-refractivity contribution in [3.8, 4) is 12.1 Å². The Balaban J connectivity index is 1.93. The Hall–Kier alpha value is -2.97. The Morgan fingerprint density at radius 2 is 1.73 bits per heavy atom. The van der Waals surface area contributed by atoms with Gasteiger partial charge in [-0.2, -0.15) is 10.5 Å². The molecule has 0 bridgehead atoms. The lowest BCUT2D eigenvalue weighted by Crippen LogP contribution is -2.21. The lowest BCUT2D eigenvalue weighted by Gasteiger charge is -2.21. The van der Waals surface area contributed by atoms with Gasteiger partial charge in [0, 0.05) is 13.1 Å². The SMILES string of the molecule is N#Cc1c(Cl)c(Cl)c(Nc2ccc(N3CCCC3)c3c(=O)[nH]cnc23)c(C#N)c1Cl. The van der Waals surface area contributed by atoms with E-state index in [9.17, 15) is 15.3 Å². The van der Waals surface area contributed by atoms with Gasteiger partial charge in [0.05, 0.1) is 55.0 Å². The van der Waals surface area contributed by atoms with E-state index in [4.69, 9.17) is 34.8 Å². The van der Waals surface area contributed by atoms with Crippen molar-refractivity contribution in [2.45, 2.75) is 12.8 Å². The van der Waals surface area contributed by atoms with E-state index < -0.39 is 0 Å². The second kappa shape index (κ2) is 8.04. The van der Waals surface area contributed by atoms with E-state index in [0.29, 0.717) is 16.6 Å². The maximum atomic E-state index is 12.6.